The maximum atomic E-state index is 14.6. The molecule has 4 aromatic rings. The molecule has 0 N–H and O–H groups in total. The average molecular weight is 770 g/mol. The van der Waals surface area contributed by atoms with E-state index in [2.05, 4.69) is 14.5 Å². The molecule has 2 fully saturated rings. The van der Waals surface area contributed by atoms with Crippen LogP contribution in [0.4, 0.5) is 14.5 Å². The van der Waals surface area contributed by atoms with Gasteiger partial charge < -0.3 is 24.3 Å². The molecule has 2 aliphatic rings. The number of anilines is 1. The van der Waals surface area contributed by atoms with E-state index in [0.29, 0.717) is 56.3 Å². The van der Waals surface area contributed by atoms with Crippen molar-refractivity contribution in [3.05, 3.63) is 136 Å². The topological polar surface area (TPSA) is 76.6 Å². The number of benzene rings is 4. The first-order chi connectivity index (χ1) is 26.6. The lowest BCUT2D eigenvalue weighted by molar-refractivity contribution is -0.145. The van der Waals surface area contributed by atoms with Crippen molar-refractivity contribution in [2.75, 3.05) is 57.3 Å². The Labute approximate surface area is 326 Å². The van der Waals surface area contributed by atoms with E-state index in [-0.39, 0.29) is 30.0 Å². The van der Waals surface area contributed by atoms with Gasteiger partial charge in [0, 0.05) is 95.6 Å². The molecule has 0 aliphatic carbocycles. The van der Waals surface area contributed by atoms with Gasteiger partial charge >= 0.3 is 6.61 Å². The molecule has 6 rings (SSSR count). The Bertz CT molecular complexity index is 1900. The van der Waals surface area contributed by atoms with Crippen molar-refractivity contribution >= 4 is 41.1 Å². The van der Waals surface area contributed by atoms with Crippen LogP contribution in [-0.2, 0) is 33.9 Å². The summed E-state index contributed by atoms with van der Waals surface area (Å²) in [7, 11) is 0. The Morgan fingerprint density at radius 3 is 1.98 bits per heavy atom. The Hall–Kier alpha value is -5.26. The number of ether oxygens (including phenoxy) is 1. The normalized spacial score (nSPS) is 15.7. The van der Waals surface area contributed by atoms with Crippen molar-refractivity contribution in [2.24, 2.45) is 0 Å². The predicted octanol–water partition coefficient (Wildman–Crippen LogP) is 6.61. The third-order valence-electron chi connectivity index (χ3n) is 10.1. The van der Waals surface area contributed by atoms with E-state index in [0.717, 1.165) is 42.0 Å². The van der Waals surface area contributed by atoms with Gasteiger partial charge in [0.15, 0.2) is 0 Å². The van der Waals surface area contributed by atoms with Gasteiger partial charge in [-0.05, 0) is 64.7 Å². The van der Waals surface area contributed by atoms with Gasteiger partial charge in [0.05, 0.1) is 0 Å². The SMILES string of the molecule is CC(=O)N1CCN(c2ccc(CN(C(=O)C=Cc3ccc(OC(F)F)cc3)C(Cc3ccccc3)C(=O)N3CCN(Cc4ccc(Cl)cc4)CC3)cc2)CC1. The van der Waals surface area contributed by atoms with Crippen LogP contribution in [0.3, 0.4) is 0 Å². The quantitative estimate of drug-likeness (QED) is 0.143. The fourth-order valence-electron chi connectivity index (χ4n) is 7.01. The molecule has 2 saturated heterocycles. The van der Waals surface area contributed by atoms with E-state index < -0.39 is 12.7 Å². The lowest BCUT2D eigenvalue weighted by Crippen LogP contribution is -2.56. The van der Waals surface area contributed by atoms with Crippen molar-refractivity contribution in [2.45, 2.75) is 39.1 Å². The summed E-state index contributed by atoms with van der Waals surface area (Å²) >= 11 is 6.09. The largest absolute Gasteiger partial charge is 0.435 e. The molecule has 0 radical (unpaired) electrons. The Morgan fingerprint density at radius 1 is 0.745 bits per heavy atom. The predicted molar refractivity (Wildman–Crippen MR) is 211 cm³/mol. The first-order valence-electron chi connectivity index (χ1n) is 18.5. The fourth-order valence-corrected chi connectivity index (χ4v) is 7.13. The molecule has 4 aromatic carbocycles. The number of amides is 3. The number of nitrogens with zero attached hydrogens (tertiary/aromatic N) is 5. The lowest BCUT2D eigenvalue weighted by Gasteiger charge is -2.39. The van der Waals surface area contributed by atoms with Crippen LogP contribution in [0.2, 0.25) is 5.02 Å². The van der Waals surface area contributed by atoms with Crippen molar-refractivity contribution in [1.82, 2.24) is 19.6 Å². The number of hydrogen-bond acceptors (Lipinski definition) is 6. The number of piperazine rings is 2. The zero-order valence-corrected chi connectivity index (χ0v) is 31.7. The molecule has 0 spiro atoms. The van der Waals surface area contributed by atoms with Crippen LogP contribution in [0.15, 0.2) is 109 Å². The first kappa shape index (κ1) is 39.4. The highest BCUT2D eigenvalue weighted by atomic mass is 35.5. The Kier molecular flexibility index (Phi) is 13.5. The van der Waals surface area contributed by atoms with Gasteiger partial charge in [-0.3, -0.25) is 19.3 Å². The molecule has 0 saturated carbocycles. The minimum Gasteiger partial charge on any atom is -0.435 e. The number of halogens is 3. The van der Waals surface area contributed by atoms with E-state index in [1.54, 1.807) is 30.0 Å². The van der Waals surface area contributed by atoms with Crippen molar-refractivity contribution in [3.8, 4) is 5.75 Å². The second-order valence-electron chi connectivity index (χ2n) is 13.8. The van der Waals surface area contributed by atoms with Crippen LogP contribution >= 0.6 is 11.6 Å². The molecule has 288 valence electrons. The third kappa shape index (κ3) is 11.1. The summed E-state index contributed by atoms with van der Waals surface area (Å²) in [6, 6.07) is 30.7. The van der Waals surface area contributed by atoms with Crippen LogP contribution in [0.5, 0.6) is 5.75 Å². The monoisotopic (exact) mass is 769 g/mol. The summed E-state index contributed by atoms with van der Waals surface area (Å²) in [5.41, 5.74) is 4.58. The molecule has 55 heavy (non-hydrogen) atoms. The molecule has 0 aromatic heterocycles. The maximum Gasteiger partial charge on any atom is 0.387 e. The highest BCUT2D eigenvalue weighted by molar-refractivity contribution is 6.30. The number of alkyl halides is 2. The van der Waals surface area contributed by atoms with Gasteiger partial charge in [-0.25, -0.2) is 0 Å². The summed E-state index contributed by atoms with van der Waals surface area (Å²) in [4.78, 5) is 50.7. The van der Waals surface area contributed by atoms with Crippen molar-refractivity contribution < 1.29 is 27.9 Å². The standard InChI is InChI=1S/C43H46ClF2N5O4/c1-32(52)48-25-27-49(28-26-48)38-16-9-36(10-17-38)31-51(41(53)20-13-33-11-18-39(19-12-33)55-43(45)46)40(29-34-5-3-2-4-6-34)42(54)50-23-21-47(22-24-50)30-35-7-14-37(44)15-8-35/h2-20,40,43H,21-31H2,1H3. The first-order valence-corrected chi connectivity index (χ1v) is 18.9. The van der Waals surface area contributed by atoms with Crippen LogP contribution in [-0.4, -0.2) is 102 Å². The zero-order chi connectivity index (χ0) is 38.7. The molecule has 0 bridgehead atoms. The Balaban J connectivity index is 1.24. The highest BCUT2D eigenvalue weighted by Gasteiger charge is 2.34. The average Bonchev–Trinajstić information content (AvgIpc) is 3.20. The second kappa shape index (κ2) is 18.9. The lowest BCUT2D eigenvalue weighted by atomic mass is 10.0. The summed E-state index contributed by atoms with van der Waals surface area (Å²) in [6.07, 6.45) is 3.37. The molecular formula is C43H46ClF2N5O4. The summed E-state index contributed by atoms with van der Waals surface area (Å²) in [6.45, 7) is 4.78. The van der Waals surface area contributed by atoms with Gasteiger partial charge in [0.25, 0.3) is 0 Å². The number of rotatable bonds is 13. The maximum absolute atomic E-state index is 14.6. The number of carbonyl (C=O) groups is 3. The van der Waals surface area contributed by atoms with Crippen LogP contribution in [0, 0.1) is 0 Å². The molecule has 9 nitrogen and oxygen atoms in total. The minimum absolute atomic E-state index is 0.0195. The number of hydrogen-bond donors (Lipinski definition) is 0. The second-order valence-corrected chi connectivity index (χ2v) is 14.3. The molecule has 12 heteroatoms. The molecular weight excluding hydrogens is 724 g/mol. The zero-order valence-electron chi connectivity index (χ0n) is 30.9. The van der Waals surface area contributed by atoms with Crippen LogP contribution < -0.4 is 9.64 Å². The third-order valence-corrected chi connectivity index (χ3v) is 10.4. The molecule has 2 heterocycles. The van der Waals surface area contributed by atoms with E-state index in [1.165, 1.54) is 18.2 Å². The van der Waals surface area contributed by atoms with E-state index in [1.807, 2.05) is 88.7 Å². The van der Waals surface area contributed by atoms with E-state index in [4.69, 9.17) is 11.6 Å². The van der Waals surface area contributed by atoms with Gasteiger partial charge in [-0.15, -0.1) is 0 Å². The smallest absolute Gasteiger partial charge is 0.387 e. The molecule has 2 aliphatic heterocycles. The molecule has 1 atom stereocenters. The summed E-state index contributed by atoms with van der Waals surface area (Å²) in [5, 5.41) is 0.690. The van der Waals surface area contributed by atoms with E-state index in [9.17, 15) is 23.2 Å². The molecule has 3 amide bonds. The van der Waals surface area contributed by atoms with Gasteiger partial charge in [-0.2, -0.15) is 8.78 Å². The van der Waals surface area contributed by atoms with Crippen molar-refractivity contribution in [1.29, 1.82) is 0 Å². The Morgan fingerprint density at radius 2 is 1.36 bits per heavy atom. The number of carbonyl (C=O) groups excluding carboxylic acids is 3. The van der Waals surface area contributed by atoms with Gasteiger partial charge in [0.1, 0.15) is 11.8 Å². The van der Waals surface area contributed by atoms with Crippen molar-refractivity contribution in [3.63, 3.8) is 0 Å². The van der Waals surface area contributed by atoms with Crippen LogP contribution in [0.1, 0.15) is 29.2 Å². The van der Waals surface area contributed by atoms with E-state index >= 15 is 0 Å². The molecule has 1 unspecified atom stereocenters. The van der Waals surface area contributed by atoms with Gasteiger partial charge in [0.2, 0.25) is 17.7 Å². The van der Waals surface area contributed by atoms with Crippen LogP contribution in [0.25, 0.3) is 6.08 Å². The minimum atomic E-state index is -2.94. The fraction of sp³-hybridized carbons (Fsp3) is 0.326. The highest BCUT2D eigenvalue weighted by Crippen LogP contribution is 2.23. The van der Waals surface area contributed by atoms with Gasteiger partial charge in [-0.1, -0.05) is 78.3 Å². The summed E-state index contributed by atoms with van der Waals surface area (Å²) < 4.78 is 29.9. The summed E-state index contributed by atoms with van der Waals surface area (Å²) in [5.74, 6) is -0.379.